The molecule has 0 fully saturated rings. The van der Waals surface area contributed by atoms with E-state index in [0.717, 1.165) is 0 Å². The number of carbonyl (C=O) groups excluding carboxylic acids is 3. The summed E-state index contributed by atoms with van der Waals surface area (Å²) in [6.45, 7) is 0.528. The molecule has 0 spiro atoms. The molecule has 8 nitrogen and oxygen atoms in total. The fourth-order valence-corrected chi connectivity index (χ4v) is 2.96. The Kier molecular flexibility index (Phi) is 5.78. The highest BCUT2D eigenvalue weighted by Gasteiger charge is 2.34. The Morgan fingerprint density at radius 3 is 2.29 bits per heavy atom. The molecule has 2 N–H and O–H groups in total. The molecule has 1 heterocycles. The first-order valence-corrected chi connectivity index (χ1v) is 8.77. The monoisotopic (exact) mass is 383 g/mol. The van der Waals surface area contributed by atoms with Crippen molar-refractivity contribution >= 4 is 23.5 Å². The van der Waals surface area contributed by atoms with E-state index < -0.39 is 6.03 Å². The van der Waals surface area contributed by atoms with Gasteiger partial charge in [-0.2, -0.15) is 0 Å². The van der Waals surface area contributed by atoms with E-state index in [2.05, 4.69) is 10.6 Å². The van der Waals surface area contributed by atoms with E-state index >= 15 is 0 Å². The fraction of sp³-hybridized carbons (Fsp3) is 0.250. The molecule has 28 heavy (non-hydrogen) atoms. The highest BCUT2D eigenvalue weighted by atomic mass is 16.5. The van der Waals surface area contributed by atoms with Crippen molar-refractivity contribution in [2.45, 2.75) is 6.42 Å². The van der Waals surface area contributed by atoms with Gasteiger partial charge in [-0.15, -0.1) is 0 Å². The van der Waals surface area contributed by atoms with Crippen LogP contribution in [-0.2, 0) is 0 Å². The zero-order valence-electron chi connectivity index (χ0n) is 15.7. The molecular formula is C20H21N3O5. The van der Waals surface area contributed by atoms with E-state index in [9.17, 15) is 14.4 Å². The van der Waals surface area contributed by atoms with Gasteiger partial charge in [-0.1, -0.05) is 12.1 Å². The van der Waals surface area contributed by atoms with E-state index in [1.807, 2.05) is 0 Å². The molecular weight excluding hydrogens is 362 g/mol. The third-order valence-corrected chi connectivity index (χ3v) is 4.38. The zero-order valence-corrected chi connectivity index (χ0v) is 15.7. The lowest BCUT2D eigenvalue weighted by atomic mass is 10.1. The molecule has 8 heteroatoms. The molecule has 146 valence electrons. The van der Waals surface area contributed by atoms with Gasteiger partial charge in [0.2, 0.25) is 0 Å². The molecule has 3 rings (SSSR count). The van der Waals surface area contributed by atoms with Gasteiger partial charge >= 0.3 is 6.03 Å². The highest BCUT2D eigenvalue weighted by molar-refractivity contribution is 6.21. The average Bonchev–Trinajstić information content (AvgIpc) is 2.96. The molecule has 0 unspecified atom stereocenters. The Morgan fingerprint density at radius 2 is 1.68 bits per heavy atom. The van der Waals surface area contributed by atoms with Crippen LogP contribution in [0.3, 0.4) is 0 Å². The van der Waals surface area contributed by atoms with Crippen molar-refractivity contribution in [3.63, 3.8) is 0 Å². The van der Waals surface area contributed by atoms with E-state index in [4.69, 9.17) is 9.47 Å². The van der Waals surface area contributed by atoms with Gasteiger partial charge in [0.15, 0.2) is 0 Å². The molecule has 0 radical (unpaired) electrons. The maximum absolute atomic E-state index is 12.3. The van der Waals surface area contributed by atoms with E-state index in [-0.39, 0.29) is 18.4 Å². The standard InChI is InChI=1S/C20H21N3O5/c1-27-13-8-9-17(28-2)16(12-13)22-20(26)21-10-5-11-23-18(24)14-6-3-4-7-15(14)19(23)25/h3-4,6-9,12H,5,10-11H2,1-2H3,(H2,21,22,26). The van der Waals surface area contributed by atoms with Gasteiger partial charge in [0.05, 0.1) is 31.0 Å². The summed E-state index contributed by atoms with van der Waals surface area (Å²) in [6, 6.07) is 11.4. The topological polar surface area (TPSA) is 97.0 Å². The number of hydrogen-bond acceptors (Lipinski definition) is 5. The molecule has 0 bridgehead atoms. The summed E-state index contributed by atoms with van der Waals surface area (Å²) in [4.78, 5) is 37.9. The maximum atomic E-state index is 12.3. The van der Waals surface area contributed by atoms with Crippen molar-refractivity contribution in [2.24, 2.45) is 0 Å². The number of ether oxygens (including phenoxy) is 2. The van der Waals surface area contributed by atoms with E-state index in [1.165, 1.54) is 19.1 Å². The van der Waals surface area contributed by atoms with Crippen molar-refractivity contribution < 1.29 is 23.9 Å². The minimum absolute atomic E-state index is 0.231. The van der Waals surface area contributed by atoms with E-state index in [1.54, 1.807) is 42.5 Å². The van der Waals surface area contributed by atoms with Crippen molar-refractivity contribution in [1.82, 2.24) is 10.2 Å². The van der Waals surface area contributed by atoms with Crippen LogP contribution in [0.15, 0.2) is 42.5 Å². The van der Waals surface area contributed by atoms with Gasteiger partial charge in [-0.05, 0) is 30.7 Å². The minimum Gasteiger partial charge on any atom is -0.497 e. The van der Waals surface area contributed by atoms with Gasteiger partial charge in [-0.25, -0.2) is 4.79 Å². The SMILES string of the molecule is COc1ccc(OC)c(NC(=O)NCCCN2C(=O)c3ccccc3C2=O)c1. The maximum Gasteiger partial charge on any atom is 0.319 e. The number of rotatable bonds is 7. The third kappa shape index (κ3) is 3.90. The molecule has 2 aromatic carbocycles. The number of amides is 4. The van der Waals surface area contributed by atoms with Crippen LogP contribution in [0.5, 0.6) is 11.5 Å². The molecule has 0 atom stereocenters. The Balaban J connectivity index is 1.49. The quantitative estimate of drug-likeness (QED) is 0.566. The number of imide groups is 1. The molecule has 0 saturated heterocycles. The van der Waals surface area contributed by atoms with Crippen molar-refractivity contribution in [1.29, 1.82) is 0 Å². The van der Waals surface area contributed by atoms with Crippen molar-refractivity contribution in [2.75, 3.05) is 32.6 Å². The van der Waals surface area contributed by atoms with Crippen LogP contribution >= 0.6 is 0 Å². The number of nitrogens with one attached hydrogen (secondary N) is 2. The fourth-order valence-electron chi connectivity index (χ4n) is 2.96. The first kappa shape index (κ1) is 19.2. The van der Waals surface area contributed by atoms with Gasteiger partial charge in [0.1, 0.15) is 11.5 Å². The Morgan fingerprint density at radius 1 is 1.00 bits per heavy atom. The Bertz CT molecular complexity index is 877. The number of anilines is 1. The Hall–Kier alpha value is -3.55. The minimum atomic E-state index is -0.422. The number of carbonyl (C=O) groups is 3. The summed E-state index contributed by atoms with van der Waals surface area (Å²) in [5.41, 5.74) is 1.31. The summed E-state index contributed by atoms with van der Waals surface area (Å²) in [7, 11) is 3.04. The molecule has 4 amide bonds. The largest absolute Gasteiger partial charge is 0.497 e. The predicted molar refractivity (Wildman–Crippen MR) is 103 cm³/mol. The van der Waals surface area contributed by atoms with Gasteiger partial charge in [-0.3, -0.25) is 14.5 Å². The van der Waals surface area contributed by atoms with Crippen molar-refractivity contribution in [3.8, 4) is 11.5 Å². The van der Waals surface area contributed by atoms with Crippen LogP contribution in [-0.4, -0.2) is 50.1 Å². The summed E-state index contributed by atoms with van der Waals surface area (Å²) in [5, 5.41) is 5.39. The molecule has 2 aromatic rings. The Labute approximate surface area is 162 Å². The highest BCUT2D eigenvalue weighted by Crippen LogP contribution is 2.28. The molecule has 0 aromatic heterocycles. The van der Waals surface area contributed by atoms with E-state index in [0.29, 0.717) is 41.3 Å². The second-order valence-corrected chi connectivity index (χ2v) is 6.11. The summed E-state index contributed by atoms with van der Waals surface area (Å²) in [6.07, 6.45) is 0.439. The van der Waals surface area contributed by atoms with Gasteiger partial charge in [0, 0.05) is 19.2 Å². The number of benzene rings is 2. The lowest BCUT2D eigenvalue weighted by Gasteiger charge is -2.15. The number of hydrogen-bond donors (Lipinski definition) is 2. The van der Waals surface area contributed by atoms with Crippen LogP contribution in [0.1, 0.15) is 27.1 Å². The van der Waals surface area contributed by atoms with Crippen molar-refractivity contribution in [3.05, 3.63) is 53.6 Å². The van der Waals surface area contributed by atoms with Gasteiger partial charge < -0.3 is 20.1 Å². The number of fused-ring (bicyclic) bond motifs is 1. The number of methoxy groups -OCH3 is 2. The average molecular weight is 383 g/mol. The van der Waals surface area contributed by atoms with Crippen LogP contribution in [0.4, 0.5) is 10.5 Å². The number of urea groups is 1. The van der Waals surface area contributed by atoms with Crippen LogP contribution < -0.4 is 20.1 Å². The summed E-state index contributed by atoms with van der Waals surface area (Å²) in [5.74, 6) is 0.487. The third-order valence-electron chi connectivity index (χ3n) is 4.38. The number of nitrogens with zero attached hydrogens (tertiary/aromatic N) is 1. The first-order valence-electron chi connectivity index (χ1n) is 8.77. The second kappa shape index (κ2) is 8.43. The van der Waals surface area contributed by atoms with Gasteiger partial charge in [0.25, 0.3) is 11.8 Å². The normalized spacial score (nSPS) is 12.6. The van der Waals surface area contributed by atoms with Crippen LogP contribution in [0.25, 0.3) is 0 Å². The van der Waals surface area contributed by atoms with Crippen LogP contribution in [0.2, 0.25) is 0 Å². The molecule has 1 aliphatic heterocycles. The summed E-state index contributed by atoms with van der Waals surface area (Å²) < 4.78 is 10.4. The predicted octanol–water partition coefficient (Wildman–Crippen LogP) is 2.51. The first-order chi connectivity index (χ1) is 13.5. The van der Waals surface area contributed by atoms with Crippen LogP contribution in [0, 0.1) is 0 Å². The molecule has 0 aliphatic carbocycles. The molecule has 1 aliphatic rings. The zero-order chi connectivity index (χ0) is 20.1. The lowest BCUT2D eigenvalue weighted by molar-refractivity contribution is 0.0653. The smallest absolute Gasteiger partial charge is 0.319 e. The molecule has 0 saturated carbocycles. The lowest BCUT2D eigenvalue weighted by Crippen LogP contribution is -2.35. The summed E-state index contributed by atoms with van der Waals surface area (Å²) >= 11 is 0. The second-order valence-electron chi connectivity index (χ2n) is 6.11.